The highest BCUT2D eigenvalue weighted by molar-refractivity contribution is 5.92. The molecule has 0 radical (unpaired) electrons. The predicted molar refractivity (Wildman–Crippen MR) is 80.4 cm³/mol. The Bertz CT molecular complexity index is 680. The van der Waals surface area contributed by atoms with Crippen molar-refractivity contribution < 1.29 is 9.90 Å². The first-order valence-corrected chi connectivity index (χ1v) is 7.95. The van der Waals surface area contributed by atoms with Gasteiger partial charge in [-0.05, 0) is 31.7 Å². The topological polar surface area (TPSA) is 70.7 Å². The van der Waals surface area contributed by atoms with Crippen LogP contribution in [0.4, 0.5) is 0 Å². The van der Waals surface area contributed by atoms with Crippen molar-refractivity contribution in [1.29, 1.82) is 0 Å². The van der Waals surface area contributed by atoms with Gasteiger partial charge in [0.1, 0.15) is 5.69 Å². The van der Waals surface area contributed by atoms with E-state index in [0.717, 1.165) is 38.6 Å². The van der Waals surface area contributed by atoms with Crippen molar-refractivity contribution in [3.63, 3.8) is 0 Å². The van der Waals surface area contributed by atoms with Crippen LogP contribution < -0.4 is 0 Å². The molecule has 0 bridgehead atoms. The molecule has 6 nitrogen and oxygen atoms in total. The van der Waals surface area contributed by atoms with Crippen molar-refractivity contribution in [3.8, 4) is 0 Å². The second-order valence-corrected chi connectivity index (χ2v) is 6.55. The van der Waals surface area contributed by atoms with Crippen LogP contribution in [-0.2, 0) is 0 Å². The average Bonchev–Trinajstić information content (AvgIpc) is 3.11. The maximum Gasteiger partial charge on any atom is 0.274 e. The highest BCUT2D eigenvalue weighted by atomic mass is 16.3. The summed E-state index contributed by atoms with van der Waals surface area (Å²) in [4.78, 5) is 23.1. The molecule has 116 valence electrons. The minimum atomic E-state index is -0.272. The molecule has 1 saturated carbocycles. The number of piperidine rings is 1. The van der Waals surface area contributed by atoms with E-state index >= 15 is 0 Å². The van der Waals surface area contributed by atoms with Crippen molar-refractivity contribution in [2.45, 2.75) is 38.2 Å². The van der Waals surface area contributed by atoms with Crippen molar-refractivity contribution in [2.24, 2.45) is 5.41 Å². The number of carbonyl (C=O) groups is 1. The smallest absolute Gasteiger partial charge is 0.274 e. The fraction of sp³-hybridized carbons (Fsp3) is 0.562. The van der Waals surface area contributed by atoms with Crippen LogP contribution in [0.5, 0.6) is 0 Å². The molecule has 2 aliphatic rings. The minimum absolute atomic E-state index is 0.0522. The molecule has 0 unspecified atom stereocenters. The molecule has 6 heteroatoms. The Balaban J connectivity index is 1.59. The molecule has 1 spiro atoms. The van der Waals surface area contributed by atoms with Gasteiger partial charge in [0, 0.05) is 37.1 Å². The maximum atomic E-state index is 12.8. The molecule has 4 rings (SSSR count). The van der Waals surface area contributed by atoms with Gasteiger partial charge in [-0.2, -0.15) is 0 Å². The second-order valence-electron chi connectivity index (χ2n) is 6.55. The third-order valence-electron chi connectivity index (χ3n) is 5.21. The zero-order chi connectivity index (χ0) is 15.2. The lowest BCUT2D eigenvalue weighted by atomic mass is 9.76. The summed E-state index contributed by atoms with van der Waals surface area (Å²) in [5, 5.41) is 10.3. The molecule has 2 aromatic heterocycles. The zero-order valence-electron chi connectivity index (χ0n) is 12.5. The van der Waals surface area contributed by atoms with E-state index in [1.807, 2.05) is 17.2 Å². The van der Waals surface area contributed by atoms with Gasteiger partial charge in [0.05, 0.1) is 6.10 Å². The third-order valence-corrected chi connectivity index (χ3v) is 5.21. The number of likely N-dealkylation sites (tertiary alicyclic amines) is 1. The molecule has 1 amide bonds. The Morgan fingerprint density at radius 2 is 2.23 bits per heavy atom. The minimum Gasteiger partial charge on any atom is -0.392 e. The molecule has 2 aromatic rings. The van der Waals surface area contributed by atoms with E-state index in [1.165, 1.54) is 0 Å². The number of nitrogens with zero attached hydrogens (tertiary/aromatic N) is 4. The third kappa shape index (κ3) is 2.09. The average molecular weight is 300 g/mol. The number of hydrogen-bond donors (Lipinski definition) is 1. The van der Waals surface area contributed by atoms with E-state index in [-0.39, 0.29) is 17.4 Å². The van der Waals surface area contributed by atoms with Gasteiger partial charge in [0.15, 0.2) is 0 Å². The highest BCUT2D eigenvalue weighted by Gasteiger charge is 2.45. The van der Waals surface area contributed by atoms with Crippen LogP contribution >= 0.6 is 0 Å². The normalized spacial score (nSPS) is 28.6. The second kappa shape index (κ2) is 5.05. The van der Waals surface area contributed by atoms with Gasteiger partial charge in [-0.25, -0.2) is 9.97 Å². The SMILES string of the molecule is O=C(c1cn2cccnc2n1)N1CCC[C@]2(CCC[C@H]2O)C1. The molecule has 0 aromatic carbocycles. The predicted octanol–water partition coefficient (Wildman–Crippen LogP) is 1.50. The lowest BCUT2D eigenvalue weighted by molar-refractivity contribution is -0.00553. The molecule has 1 saturated heterocycles. The Kier molecular flexibility index (Phi) is 3.14. The van der Waals surface area contributed by atoms with Crippen LogP contribution in [0.1, 0.15) is 42.6 Å². The van der Waals surface area contributed by atoms with E-state index in [4.69, 9.17) is 0 Å². The number of aliphatic hydroxyl groups excluding tert-OH is 1. The van der Waals surface area contributed by atoms with Gasteiger partial charge in [-0.3, -0.25) is 9.20 Å². The van der Waals surface area contributed by atoms with Gasteiger partial charge in [-0.1, -0.05) is 6.42 Å². The number of imidazole rings is 1. The number of hydrogen-bond acceptors (Lipinski definition) is 4. The summed E-state index contributed by atoms with van der Waals surface area (Å²) in [7, 11) is 0. The number of aromatic nitrogens is 3. The number of rotatable bonds is 1. The summed E-state index contributed by atoms with van der Waals surface area (Å²) in [5.41, 5.74) is 0.342. The van der Waals surface area contributed by atoms with Crippen molar-refractivity contribution >= 4 is 11.7 Å². The number of aliphatic hydroxyl groups is 1. The van der Waals surface area contributed by atoms with E-state index in [1.54, 1.807) is 16.8 Å². The summed E-state index contributed by atoms with van der Waals surface area (Å²) in [6.07, 6.45) is 9.87. The quantitative estimate of drug-likeness (QED) is 0.866. The summed E-state index contributed by atoms with van der Waals surface area (Å²) in [5.74, 6) is 0.488. The summed E-state index contributed by atoms with van der Waals surface area (Å²) >= 11 is 0. The van der Waals surface area contributed by atoms with Gasteiger partial charge in [-0.15, -0.1) is 0 Å². The van der Waals surface area contributed by atoms with E-state index in [2.05, 4.69) is 9.97 Å². The molecule has 1 aliphatic heterocycles. The van der Waals surface area contributed by atoms with Gasteiger partial charge < -0.3 is 10.0 Å². The Hall–Kier alpha value is -1.95. The van der Waals surface area contributed by atoms with Gasteiger partial charge in [0.25, 0.3) is 5.91 Å². The Morgan fingerprint density at radius 1 is 1.36 bits per heavy atom. The molecule has 1 aliphatic carbocycles. The summed E-state index contributed by atoms with van der Waals surface area (Å²) in [6.45, 7) is 1.39. The molecule has 22 heavy (non-hydrogen) atoms. The molecule has 3 heterocycles. The van der Waals surface area contributed by atoms with Gasteiger partial charge in [0.2, 0.25) is 5.78 Å². The number of fused-ring (bicyclic) bond motifs is 1. The Morgan fingerprint density at radius 3 is 3.00 bits per heavy atom. The fourth-order valence-electron chi connectivity index (χ4n) is 4.02. The van der Waals surface area contributed by atoms with Crippen LogP contribution in [0, 0.1) is 5.41 Å². The lowest BCUT2D eigenvalue weighted by Gasteiger charge is -2.42. The van der Waals surface area contributed by atoms with Crippen molar-refractivity contribution in [3.05, 3.63) is 30.4 Å². The van der Waals surface area contributed by atoms with Gasteiger partial charge >= 0.3 is 0 Å². The molecule has 2 atom stereocenters. The molecular weight excluding hydrogens is 280 g/mol. The van der Waals surface area contributed by atoms with Crippen LogP contribution in [-0.4, -0.2) is 49.5 Å². The lowest BCUT2D eigenvalue weighted by Crippen LogP contribution is -2.49. The monoisotopic (exact) mass is 300 g/mol. The molecule has 2 fully saturated rings. The van der Waals surface area contributed by atoms with Crippen LogP contribution in [0.15, 0.2) is 24.7 Å². The summed E-state index contributed by atoms with van der Waals surface area (Å²) in [6, 6.07) is 1.81. The molecular formula is C16H20N4O2. The highest BCUT2D eigenvalue weighted by Crippen LogP contribution is 2.45. The first kappa shape index (κ1) is 13.7. The largest absolute Gasteiger partial charge is 0.392 e. The van der Waals surface area contributed by atoms with Crippen LogP contribution in [0.25, 0.3) is 5.78 Å². The first-order chi connectivity index (χ1) is 10.7. The van der Waals surface area contributed by atoms with Crippen LogP contribution in [0.3, 0.4) is 0 Å². The van der Waals surface area contributed by atoms with Crippen molar-refractivity contribution in [1.82, 2.24) is 19.3 Å². The van der Waals surface area contributed by atoms with Crippen molar-refractivity contribution in [2.75, 3.05) is 13.1 Å². The summed E-state index contributed by atoms with van der Waals surface area (Å²) < 4.78 is 1.76. The standard InChI is InChI=1S/C16H20N4O2/c21-13-4-1-5-16(13)6-2-8-20(11-16)14(22)12-10-19-9-3-7-17-15(19)18-12/h3,7,9-10,13,21H,1-2,4-6,8,11H2/t13-,16-/m1/s1. The zero-order valence-corrected chi connectivity index (χ0v) is 12.5. The fourth-order valence-corrected chi connectivity index (χ4v) is 4.02. The molecule has 1 N–H and O–H groups in total. The maximum absolute atomic E-state index is 12.8. The van der Waals surface area contributed by atoms with E-state index in [0.29, 0.717) is 18.0 Å². The number of amides is 1. The van der Waals surface area contributed by atoms with E-state index in [9.17, 15) is 9.90 Å². The Labute approximate surface area is 128 Å². The van der Waals surface area contributed by atoms with E-state index < -0.39 is 0 Å². The number of carbonyl (C=O) groups excluding carboxylic acids is 1. The first-order valence-electron chi connectivity index (χ1n) is 7.95. The van der Waals surface area contributed by atoms with Crippen LogP contribution in [0.2, 0.25) is 0 Å².